The number of carbonyl (C=O) groups excluding carboxylic acids is 2. The molecule has 6 heteroatoms. The van der Waals surface area contributed by atoms with Gasteiger partial charge in [0.15, 0.2) is 0 Å². The minimum Gasteiger partial charge on any atom is -0.467 e. The van der Waals surface area contributed by atoms with Gasteiger partial charge in [0, 0.05) is 18.7 Å². The topological polar surface area (TPSA) is 53.8 Å². The quantitative estimate of drug-likeness (QED) is 0.844. The zero-order valence-corrected chi connectivity index (χ0v) is 14.7. The van der Waals surface area contributed by atoms with Crippen molar-refractivity contribution in [3.05, 3.63) is 59.5 Å². The van der Waals surface area contributed by atoms with Gasteiger partial charge in [-0.3, -0.25) is 9.59 Å². The summed E-state index contributed by atoms with van der Waals surface area (Å²) in [4.78, 5) is 28.4. The summed E-state index contributed by atoms with van der Waals surface area (Å²) in [5, 5.41) is -0.0338. The highest BCUT2D eigenvalue weighted by molar-refractivity contribution is 8.00. The van der Waals surface area contributed by atoms with Crippen LogP contribution in [0.4, 0.5) is 0 Å². The van der Waals surface area contributed by atoms with Crippen molar-refractivity contribution in [2.45, 2.75) is 24.8 Å². The molecule has 1 aromatic carbocycles. The third kappa shape index (κ3) is 3.31. The van der Waals surface area contributed by atoms with Gasteiger partial charge in [0.2, 0.25) is 5.91 Å². The Balaban J connectivity index is 1.50. The maximum atomic E-state index is 12.5. The van der Waals surface area contributed by atoms with Crippen molar-refractivity contribution in [1.82, 2.24) is 9.80 Å². The lowest BCUT2D eigenvalue weighted by Gasteiger charge is -2.23. The van der Waals surface area contributed by atoms with Crippen LogP contribution in [-0.4, -0.2) is 40.5 Å². The Kier molecular flexibility index (Phi) is 4.53. The summed E-state index contributed by atoms with van der Waals surface area (Å²) in [6.45, 7) is 2.17. The lowest BCUT2D eigenvalue weighted by molar-refractivity contribution is -0.128. The van der Waals surface area contributed by atoms with Gasteiger partial charge in [0.05, 0.1) is 18.6 Å². The highest BCUT2D eigenvalue weighted by Gasteiger charge is 2.33. The summed E-state index contributed by atoms with van der Waals surface area (Å²) >= 11 is 1.61. The van der Waals surface area contributed by atoms with Crippen LogP contribution in [0.15, 0.2) is 47.1 Å². The Bertz CT molecular complexity index is 751. The summed E-state index contributed by atoms with van der Waals surface area (Å²) < 4.78 is 5.38. The summed E-state index contributed by atoms with van der Waals surface area (Å²) in [7, 11) is 0. The SMILES string of the molecule is O=C(c1ccc(C2SCC(=O)N2Cc2ccco2)cc1)N1CCCC1. The van der Waals surface area contributed by atoms with Crippen LogP contribution in [-0.2, 0) is 11.3 Å². The Hall–Kier alpha value is -2.21. The fourth-order valence-corrected chi connectivity index (χ4v) is 4.55. The van der Waals surface area contributed by atoms with Crippen LogP contribution in [0.5, 0.6) is 0 Å². The van der Waals surface area contributed by atoms with E-state index in [-0.39, 0.29) is 17.2 Å². The molecule has 0 saturated carbocycles. The number of rotatable bonds is 4. The second-order valence-corrected chi connectivity index (χ2v) is 7.45. The van der Waals surface area contributed by atoms with Crippen LogP contribution in [0.3, 0.4) is 0 Å². The molecule has 2 aliphatic heterocycles. The average Bonchev–Trinajstić information content (AvgIpc) is 3.39. The molecule has 0 N–H and O–H groups in total. The number of likely N-dealkylation sites (tertiary alicyclic amines) is 1. The number of carbonyl (C=O) groups is 2. The van der Waals surface area contributed by atoms with Crippen LogP contribution in [0, 0.1) is 0 Å². The van der Waals surface area contributed by atoms with E-state index >= 15 is 0 Å². The zero-order valence-electron chi connectivity index (χ0n) is 13.9. The van der Waals surface area contributed by atoms with Crippen LogP contribution in [0.1, 0.15) is 39.9 Å². The van der Waals surface area contributed by atoms with E-state index in [1.54, 1.807) is 18.0 Å². The van der Waals surface area contributed by atoms with Gasteiger partial charge in [-0.05, 0) is 42.7 Å². The van der Waals surface area contributed by atoms with Crippen molar-refractivity contribution in [3.8, 4) is 0 Å². The Morgan fingerprint density at radius 2 is 1.92 bits per heavy atom. The molecule has 1 unspecified atom stereocenters. The minimum atomic E-state index is -0.0338. The Morgan fingerprint density at radius 3 is 2.60 bits per heavy atom. The smallest absolute Gasteiger partial charge is 0.253 e. The van der Waals surface area contributed by atoms with E-state index in [0.717, 1.165) is 42.8 Å². The van der Waals surface area contributed by atoms with Crippen molar-refractivity contribution in [1.29, 1.82) is 0 Å². The maximum Gasteiger partial charge on any atom is 0.253 e. The normalized spacial score (nSPS) is 20.5. The van der Waals surface area contributed by atoms with Gasteiger partial charge in [-0.2, -0.15) is 0 Å². The summed E-state index contributed by atoms with van der Waals surface area (Å²) in [6.07, 6.45) is 3.80. The molecular formula is C19H20N2O3S. The molecule has 4 rings (SSSR count). The first kappa shape index (κ1) is 16.3. The van der Waals surface area contributed by atoms with E-state index < -0.39 is 0 Å². The molecule has 0 aliphatic carbocycles. The minimum absolute atomic E-state index is 0.0338. The lowest BCUT2D eigenvalue weighted by atomic mass is 10.1. The van der Waals surface area contributed by atoms with Crippen molar-refractivity contribution < 1.29 is 14.0 Å². The number of thioether (sulfide) groups is 1. The van der Waals surface area contributed by atoms with Crippen LogP contribution in [0.2, 0.25) is 0 Å². The lowest BCUT2D eigenvalue weighted by Crippen LogP contribution is -2.28. The zero-order chi connectivity index (χ0) is 17.2. The van der Waals surface area contributed by atoms with E-state index in [1.807, 2.05) is 46.2 Å². The fourth-order valence-electron chi connectivity index (χ4n) is 3.36. The Morgan fingerprint density at radius 1 is 1.16 bits per heavy atom. The highest BCUT2D eigenvalue weighted by Crippen LogP contribution is 2.39. The molecule has 0 bridgehead atoms. The third-order valence-electron chi connectivity index (χ3n) is 4.71. The fraction of sp³-hybridized carbons (Fsp3) is 0.368. The van der Waals surface area contributed by atoms with Gasteiger partial charge in [-0.1, -0.05) is 12.1 Å². The van der Waals surface area contributed by atoms with E-state index in [1.165, 1.54) is 0 Å². The van der Waals surface area contributed by atoms with Crippen molar-refractivity contribution in [2.24, 2.45) is 0 Å². The highest BCUT2D eigenvalue weighted by atomic mass is 32.2. The van der Waals surface area contributed by atoms with Crippen molar-refractivity contribution >= 4 is 23.6 Å². The largest absolute Gasteiger partial charge is 0.467 e. The molecule has 25 heavy (non-hydrogen) atoms. The first-order valence-corrected chi connectivity index (χ1v) is 9.60. The number of nitrogens with zero attached hydrogens (tertiary/aromatic N) is 2. The van der Waals surface area contributed by atoms with Gasteiger partial charge in [0.25, 0.3) is 5.91 Å². The summed E-state index contributed by atoms with van der Waals surface area (Å²) in [6, 6.07) is 11.4. The van der Waals surface area contributed by atoms with Crippen molar-refractivity contribution in [3.63, 3.8) is 0 Å². The monoisotopic (exact) mass is 356 g/mol. The number of benzene rings is 1. The summed E-state index contributed by atoms with van der Waals surface area (Å²) in [5.41, 5.74) is 1.76. The number of hydrogen-bond acceptors (Lipinski definition) is 4. The molecule has 130 valence electrons. The number of furan rings is 1. The average molecular weight is 356 g/mol. The van der Waals surface area contributed by atoms with Gasteiger partial charge in [-0.25, -0.2) is 0 Å². The molecular weight excluding hydrogens is 336 g/mol. The molecule has 1 atom stereocenters. The van der Waals surface area contributed by atoms with Crippen LogP contribution >= 0.6 is 11.8 Å². The third-order valence-corrected chi connectivity index (χ3v) is 5.97. The van der Waals surface area contributed by atoms with E-state index in [2.05, 4.69) is 0 Å². The number of amides is 2. The molecule has 2 aromatic rings. The van der Waals surface area contributed by atoms with Crippen LogP contribution in [0.25, 0.3) is 0 Å². The summed E-state index contributed by atoms with van der Waals surface area (Å²) in [5.74, 6) is 1.47. The first-order valence-electron chi connectivity index (χ1n) is 8.55. The van der Waals surface area contributed by atoms with Crippen LogP contribution < -0.4 is 0 Å². The van der Waals surface area contributed by atoms with Gasteiger partial charge >= 0.3 is 0 Å². The Labute approximate surface area is 151 Å². The van der Waals surface area contributed by atoms with Gasteiger partial charge in [-0.15, -0.1) is 11.8 Å². The molecule has 0 spiro atoms. The molecule has 0 radical (unpaired) electrons. The molecule has 2 saturated heterocycles. The molecule has 1 aromatic heterocycles. The molecule has 5 nitrogen and oxygen atoms in total. The standard InChI is InChI=1S/C19H20N2O3S/c22-17-13-25-19(21(17)12-16-4-3-11-24-16)15-7-5-14(6-8-15)18(23)20-9-1-2-10-20/h3-8,11,19H,1-2,9-10,12-13H2. The molecule has 2 amide bonds. The van der Waals surface area contributed by atoms with Gasteiger partial charge in [0.1, 0.15) is 11.1 Å². The number of hydrogen-bond donors (Lipinski definition) is 0. The molecule has 2 fully saturated rings. The van der Waals surface area contributed by atoms with E-state index in [0.29, 0.717) is 12.3 Å². The van der Waals surface area contributed by atoms with E-state index in [9.17, 15) is 9.59 Å². The van der Waals surface area contributed by atoms with Gasteiger partial charge < -0.3 is 14.2 Å². The van der Waals surface area contributed by atoms with E-state index in [4.69, 9.17) is 4.42 Å². The first-order chi connectivity index (χ1) is 12.2. The predicted octanol–water partition coefficient (Wildman–Crippen LogP) is 3.29. The maximum absolute atomic E-state index is 12.5. The predicted molar refractivity (Wildman–Crippen MR) is 96.0 cm³/mol. The second-order valence-electron chi connectivity index (χ2n) is 6.39. The van der Waals surface area contributed by atoms with Crippen molar-refractivity contribution in [2.75, 3.05) is 18.8 Å². The second kappa shape index (κ2) is 6.96. The molecule has 3 heterocycles. The molecule has 2 aliphatic rings.